The van der Waals surface area contributed by atoms with Gasteiger partial charge in [-0.1, -0.05) is 12.1 Å². The first-order valence-corrected chi connectivity index (χ1v) is 4.03. The Morgan fingerprint density at radius 1 is 1.85 bits per heavy atom. The third kappa shape index (κ3) is 2.87. The molecule has 0 fully saturated rings. The van der Waals surface area contributed by atoms with Crippen molar-refractivity contribution in [2.75, 3.05) is 13.2 Å². The molecule has 1 heterocycles. The van der Waals surface area contributed by atoms with Crippen LogP contribution >= 0.6 is 0 Å². The first-order chi connectivity index (χ1) is 6.24. The predicted molar refractivity (Wildman–Crippen MR) is 45.1 cm³/mol. The molecule has 0 saturated heterocycles. The lowest BCUT2D eigenvalue weighted by Gasteiger charge is -2.07. The lowest BCUT2D eigenvalue weighted by atomic mass is 10.2. The van der Waals surface area contributed by atoms with Gasteiger partial charge in [0.15, 0.2) is 0 Å². The van der Waals surface area contributed by atoms with E-state index in [9.17, 15) is 4.79 Å². The van der Waals surface area contributed by atoms with Crippen molar-refractivity contribution in [1.29, 1.82) is 0 Å². The van der Waals surface area contributed by atoms with Crippen molar-refractivity contribution in [2.24, 2.45) is 5.92 Å². The molecule has 1 unspecified atom stereocenters. The molecule has 1 amide bonds. The van der Waals surface area contributed by atoms with Gasteiger partial charge in [-0.25, -0.2) is 0 Å². The zero-order valence-corrected chi connectivity index (χ0v) is 7.36. The summed E-state index contributed by atoms with van der Waals surface area (Å²) in [4.78, 5) is 11.2. The highest BCUT2D eigenvalue weighted by molar-refractivity contribution is 5.91. The minimum atomic E-state index is -0.308. The van der Waals surface area contributed by atoms with Gasteiger partial charge in [-0.15, -0.1) is 0 Å². The molecule has 13 heavy (non-hydrogen) atoms. The minimum absolute atomic E-state index is 0.0480. The molecule has 0 aliphatic rings. The first kappa shape index (κ1) is 9.73. The Kier molecular flexibility index (Phi) is 3.45. The van der Waals surface area contributed by atoms with Crippen molar-refractivity contribution in [1.82, 2.24) is 10.5 Å². The van der Waals surface area contributed by atoms with Gasteiger partial charge >= 0.3 is 0 Å². The molecule has 0 spiro atoms. The second-order valence-corrected chi connectivity index (χ2v) is 2.87. The standard InChI is InChI=1S/C8H12N2O3/c1-6(5-11)4-9-8(12)7-2-3-10-13-7/h2-3,6,11H,4-5H2,1H3,(H,9,12). The average Bonchev–Trinajstić information content (AvgIpc) is 2.66. The summed E-state index contributed by atoms with van der Waals surface area (Å²) in [6, 6.07) is 1.49. The van der Waals surface area contributed by atoms with Crippen molar-refractivity contribution < 1.29 is 14.4 Å². The van der Waals surface area contributed by atoms with Gasteiger partial charge < -0.3 is 14.9 Å². The van der Waals surface area contributed by atoms with E-state index in [2.05, 4.69) is 15.0 Å². The largest absolute Gasteiger partial charge is 0.396 e. The number of hydrogen-bond acceptors (Lipinski definition) is 4. The maximum atomic E-state index is 11.2. The van der Waals surface area contributed by atoms with Crippen molar-refractivity contribution in [3.05, 3.63) is 18.0 Å². The topological polar surface area (TPSA) is 75.4 Å². The van der Waals surface area contributed by atoms with Crippen LogP contribution in [-0.2, 0) is 0 Å². The molecule has 0 aromatic carbocycles. The van der Waals surface area contributed by atoms with Gasteiger partial charge in [-0.05, 0) is 5.92 Å². The third-order valence-corrected chi connectivity index (χ3v) is 1.58. The second-order valence-electron chi connectivity index (χ2n) is 2.87. The van der Waals surface area contributed by atoms with Crippen LogP contribution in [0.1, 0.15) is 17.5 Å². The molecule has 2 N–H and O–H groups in total. The number of nitrogens with zero attached hydrogens (tertiary/aromatic N) is 1. The van der Waals surface area contributed by atoms with Gasteiger partial charge in [0.05, 0.1) is 6.20 Å². The fraction of sp³-hybridized carbons (Fsp3) is 0.500. The number of carbonyl (C=O) groups excluding carboxylic acids is 1. The van der Waals surface area contributed by atoms with Crippen LogP contribution in [0.25, 0.3) is 0 Å². The Morgan fingerprint density at radius 2 is 2.62 bits per heavy atom. The van der Waals surface area contributed by atoms with E-state index in [0.29, 0.717) is 6.54 Å². The van der Waals surface area contributed by atoms with Crippen LogP contribution in [-0.4, -0.2) is 29.3 Å². The van der Waals surface area contributed by atoms with E-state index in [1.54, 1.807) is 0 Å². The molecule has 0 aliphatic heterocycles. The van der Waals surface area contributed by atoms with Crippen molar-refractivity contribution >= 4 is 5.91 Å². The smallest absolute Gasteiger partial charge is 0.289 e. The molecular weight excluding hydrogens is 172 g/mol. The third-order valence-electron chi connectivity index (χ3n) is 1.58. The fourth-order valence-electron chi connectivity index (χ4n) is 0.752. The lowest BCUT2D eigenvalue weighted by molar-refractivity contribution is 0.0905. The summed E-state index contributed by atoms with van der Waals surface area (Å²) in [6.07, 6.45) is 1.41. The Hall–Kier alpha value is -1.36. The van der Waals surface area contributed by atoms with E-state index in [-0.39, 0.29) is 24.2 Å². The normalized spacial score (nSPS) is 12.5. The summed E-state index contributed by atoms with van der Waals surface area (Å²) in [6.45, 7) is 2.31. The number of rotatable bonds is 4. The maximum absolute atomic E-state index is 11.2. The zero-order valence-electron chi connectivity index (χ0n) is 7.36. The highest BCUT2D eigenvalue weighted by Crippen LogP contribution is 1.96. The summed E-state index contributed by atoms with van der Waals surface area (Å²) in [5.74, 6) is -0.0742. The highest BCUT2D eigenvalue weighted by atomic mass is 16.5. The SMILES string of the molecule is CC(CO)CNC(=O)c1ccno1. The Morgan fingerprint density at radius 3 is 3.15 bits per heavy atom. The summed E-state index contributed by atoms with van der Waals surface area (Å²) in [5, 5.41) is 14.7. The van der Waals surface area contributed by atoms with Crippen LogP contribution in [0.15, 0.2) is 16.8 Å². The molecule has 5 heteroatoms. The van der Waals surface area contributed by atoms with Crippen molar-refractivity contribution in [3.8, 4) is 0 Å². The zero-order chi connectivity index (χ0) is 9.68. The molecule has 5 nitrogen and oxygen atoms in total. The van der Waals surface area contributed by atoms with Crippen LogP contribution < -0.4 is 5.32 Å². The average molecular weight is 184 g/mol. The maximum Gasteiger partial charge on any atom is 0.289 e. The van der Waals surface area contributed by atoms with Gasteiger partial charge in [0.2, 0.25) is 5.76 Å². The van der Waals surface area contributed by atoms with Crippen LogP contribution in [0.3, 0.4) is 0 Å². The summed E-state index contributed by atoms with van der Waals surface area (Å²) in [5.41, 5.74) is 0. The van der Waals surface area contributed by atoms with E-state index >= 15 is 0 Å². The molecule has 0 bridgehead atoms. The van der Waals surface area contributed by atoms with Crippen LogP contribution in [0.4, 0.5) is 0 Å². The molecule has 0 saturated carbocycles. The number of aliphatic hydroxyl groups excluding tert-OH is 1. The van der Waals surface area contributed by atoms with Gasteiger partial charge in [-0.3, -0.25) is 4.79 Å². The Labute approximate surface area is 75.7 Å². The monoisotopic (exact) mass is 184 g/mol. The molecule has 0 aliphatic carbocycles. The van der Waals surface area contributed by atoms with Gasteiger partial charge in [0.25, 0.3) is 5.91 Å². The van der Waals surface area contributed by atoms with Crippen LogP contribution in [0.5, 0.6) is 0 Å². The lowest BCUT2D eigenvalue weighted by Crippen LogP contribution is -2.29. The number of aromatic nitrogens is 1. The summed E-state index contributed by atoms with van der Waals surface area (Å²) < 4.78 is 4.64. The molecule has 1 aromatic heterocycles. The van der Waals surface area contributed by atoms with Crippen molar-refractivity contribution in [3.63, 3.8) is 0 Å². The van der Waals surface area contributed by atoms with Crippen LogP contribution in [0.2, 0.25) is 0 Å². The number of amides is 1. The van der Waals surface area contributed by atoms with E-state index in [1.165, 1.54) is 12.3 Å². The molecule has 1 aromatic rings. The van der Waals surface area contributed by atoms with E-state index in [4.69, 9.17) is 5.11 Å². The Balaban J connectivity index is 2.35. The van der Waals surface area contributed by atoms with E-state index in [0.717, 1.165) is 0 Å². The predicted octanol–water partition coefficient (Wildman–Crippen LogP) is 0.0328. The van der Waals surface area contributed by atoms with Gasteiger partial charge in [-0.2, -0.15) is 0 Å². The molecule has 72 valence electrons. The number of aliphatic hydroxyl groups is 1. The molecule has 1 atom stereocenters. The highest BCUT2D eigenvalue weighted by Gasteiger charge is 2.09. The summed E-state index contributed by atoms with van der Waals surface area (Å²) in [7, 11) is 0. The van der Waals surface area contributed by atoms with E-state index < -0.39 is 0 Å². The van der Waals surface area contributed by atoms with Crippen LogP contribution in [0, 0.1) is 5.92 Å². The second kappa shape index (κ2) is 4.61. The number of carbonyl (C=O) groups is 1. The molecule has 1 rings (SSSR count). The quantitative estimate of drug-likeness (QED) is 0.692. The van der Waals surface area contributed by atoms with Crippen molar-refractivity contribution in [2.45, 2.75) is 6.92 Å². The Bertz CT molecular complexity index is 258. The van der Waals surface area contributed by atoms with E-state index in [1.807, 2.05) is 6.92 Å². The number of nitrogens with one attached hydrogen (secondary N) is 1. The number of hydrogen-bond donors (Lipinski definition) is 2. The first-order valence-electron chi connectivity index (χ1n) is 4.03. The summed E-state index contributed by atoms with van der Waals surface area (Å²) >= 11 is 0. The minimum Gasteiger partial charge on any atom is -0.396 e. The van der Waals surface area contributed by atoms with Gasteiger partial charge in [0, 0.05) is 19.2 Å². The van der Waals surface area contributed by atoms with Gasteiger partial charge in [0.1, 0.15) is 0 Å². The molecule has 0 radical (unpaired) electrons. The fourth-order valence-corrected chi connectivity index (χ4v) is 0.752. The molecular formula is C8H12N2O3.